The molecule has 182 valence electrons. The summed E-state index contributed by atoms with van der Waals surface area (Å²) < 4.78 is 0. The number of amides is 3. The molecule has 2 aliphatic heterocycles. The standard InChI is InChI=1S/C26H34N4O3S/c1-3-20(2)17-27-23(31)18-29-19-30(21-8-5-4-6-9-21)26(25(29)33)11-13-28(14-12-26)24(32)16-22-10-7-15-34-22/h4-10,15,20H,3,11-14,16-19H2,1-2H3,(H,27,31). The third-order valence-electron chi connectivity index (χ3n) is 7.11. The van der Waals surface area contributed by atoms with E-state index in [0.29, 0.717) is 51.5 Å². The molecule has 0 saturated carbocycles. The van der Waals surface area contributed by atoms with Crippen LogP contribution in [-0.2, 0) is 20.8 Å². The Kier molecular flexibility index (Phi) is 7.56. The van der Waals surface area contributed by atoms with Crippen LogP contribution in [-0.4, -0.2) is 65.9 Å². The quantitative estimate of drug-likeness (QED) is 0.628. The molecule has 3 amide bonds. The third-order valence-corrected chi connectivity index (χ3v) is 7.99. The van der Waals surface area contributed by atoms with E-state index in [1.807, 2.05) is 52.7 Å². The van der Waals surface area contributed by atoms with Crippen molar-refractivity contribution in [2.75, 3.05) is 37.7 Å². The molecule has 1 aromatic carbocycles. The lowest BCUT2D eigenvalue weighted by atomic mass is 9.85. The minimum atomic E-state index is -0.724. The van der Waals surface area contributed by atoms with Crippen molar-refractivity contribution in [3.63, 3.8) is 0 Å². The first kappa shape index (κ1) is 24.3. The minimum absolute atomic E-state index is 0.0135. The van der Waals surface area contributed by atoms with Gasteiger partial charge in [0.05, 0.1) is 13.1 Å². The van der Waals surface area contributed by atoms with E-state index >= 15 is 0 Å². The lowest BCUT2D eigenvalue weighted by Gasteiger charge is -2.43. The zero-order chi connectivity index (χ0) is 24.1. The Labute approximate surface area is 205 Å². The molecule has 3 heterocycles. The maximum absolute atomic E-state index is 13.7. The van der Waals surface area contributed by atoms with Gasteiger partial charge in [0.25, 0.3) is 5.91 Å². The van der Waals surface area contributed by atoms with Gasteiger partial charge >= 0.3 is 0 Å². The first-order valence-corrected chi connectivity index (χ1v) is 13.0. The highest BCUT2D eigenvalue weighted by atomic mass is 32.1. The lowest BCUT2D eigenvalue weighted by Crippen LogP contribution is -2.57. The molecule has 0 bridgehead atoms. The highest BCUT2D eigenvalue weighted by molar-refractivity contribution is 7.10. The zero-order valence-corrected chi connectivity index (χ0v) is 20.9. The monoisotopic (exact) mass is 482 g/mol. The summed E-state index contributed by atoms with van der Waals surface area (Å²) in [5.74, 6) is 0.374. The van der Waals surface area contributed by atoms with E-state index in [9.17, 15) is 14.4 Å². The molecule has 7 nitrogen and oxygen atoms in total. The van der Waals surface area contributed by atoms with Gasteiger partial charge in [0.15, 0.2) is 0 Å². The molecule has 2 aromatic rings. The molecular formula is C26H34N4O3S. The molecule has 2 fully saturated rings. The molecule has 0 radical (unpaired) electrons. The van der Waals surface area contributed by atoms with Crippen LogP contribution in [0.25, 0.3) is 0 Å². The van der Waals surface area contributed by atoms with Crippen molar-refractivity contribution in [3.8, 4) is 0 Å². The van der Waals surface area contributed by atoms with Crippen molar-refractivity contribution in [1.82, 2.24) is 15.1 Å². The number of anilines is 1. The van der Waals surface area contributed by atoms with Gasteiger partial charge in [-0.25, -0.2) is 0 Å². The topological polar surface area (TPSA) is 73.0 Å². The number of hydrogen-bond acceptors (Lipinski definition) is 5. The van der Waals surface area contributed by atoms with E-state index in [-0.39, 0.29) is 24.3 Å². The number of benzene rings is 1. The van der Waals surface area contributed by atoms with Crippen LogP contribution in [0.1, 0.15) is 38.0 Å². The van der Waals surface area contributed by atoms with Crippen LogP contribution in [0.5, 0.6) is 0 Å². The van der Waals surface area contributed by atoms with Gasteiger partial charge in [-0.1, -0.05) is 44.5 Å². The molecule has 2 aliphatic rings. The van der Waals surface area contributed by atoms with Crippen molar-refractivity contribution < 1.29 is 14.4 Å². The molecule has 2 saturated heterocycles. The average Bonchev–Trinajstić information content (AvgIpc) is 3.46. The highest BCUT2D eigenvalue weighted by Crippen LogP contribution is 2.39. The first-order chi connectivity index (χ1) is 16.4. The zero-order valence-electron chi connectivity index (χ0n) is 20.0. The van der Waals surface area contributed by atoms with E-state index in [1.165, 1.54) is 0 Å². The fraction of sp³-hybridized carbons (Fsp3) is 0.500. The summed E-state index contributed by atoms with van der Waals surface area (Å²) in [6, 6.07) is 13.9. The number of nitrogens with zero attached hydrogens (tertiary/aromatic N) is 3. The van der Waals surface area contributed by atoms with Crippen LogP contribution >= 0.6 is 11.3 Å². The van der Waals surface area contributed by atoms with Gasteiger partial charge in [0, 0.05) is 30.2 Å². The van der Waals surface area contributed by atoms with Crippen LogP contribution in [0.4, 0.5) is 5.69 Å². The summed E-state index contributed by atoms with van der Waals surface area (Å²) in [5.41, 5.74) is 0.245. The number of carbonyl (C=O) groups excluding carboxylic acids is 3. The number of hydrogen-bond donors (Lipinski definition) is 1. The predicted octanol–water partition coefficient (Wildman–Crippen LogP) is 3.12. The van der Waals surface area contributed by atoms with Crippen LogP contribution in [0, 0.1) is 5.92 Å². The molecule has 4 rings (SSSR count). The average molecular weight is 483 g/mol. The summed E-state index contributed by atoms with van der Waals surface area (Å²) in [7, 11) is 0. The second-order valence-corrected chi connectivity index (χ2v) is 10.4. The van der Waals surface area contributed by atoms with Crippen molar-refractivity contribution in [2.24, 2.45) is 5.92 Å². The van der Waals surface area contributed by atoms with Gasteiger partial charge in [-0.05, 0) is 42.3 Å². The maximum atomic E-state index is 13.7. The number of thiophene rings is 1. The van der Waals surface area contributed by atoms with Crippen LogP contribution < -0.4 is 10.2 Å². The molecule has 8 heteroatoms. The second kappa shape index (κ2) is 10.6. The van der Waals surface area contributed by atoms with Crippen LogP contribution in [0.15, 0.2) is 47.8 Å². The fourth-order valence-electron chi connectivity index (χ4n) is 4.78. The van der Waals surface area contributed by atoms with Gasteiger partial charge in [-0.3, -0.25) is 14.4 Å². The second-order valence-electron chi connectivity index (χ2n) is 9.39. The number of para-hydroxylation sites is 1. The minimum Gasteiger partial charge on any atom is -0.354 e. The van der Waals surface area contributed by atoms with Gasteiger partial charge in [0.1, 0.15) is 12.1 Å². The Morgan fingerprint density at radius 3 is 2.50 bits per heavy atom. The smallest absolute Gasteiger partial charge is 0.250 e. The molecule has 34 heavy (non-hydrogen) atoms. The Hall–Kier alpha value is -2.87. The van der Waals surface area contributed by atoms with Crippen LogP contribution in [0.3, 0.4) is 0 Å². The Morgan fingerprint density at radius 1 is 1.12 bits per heavy atom. The molecule has 1 spiro atoms. The SMILES string of the molecule is CCC(C)CNC(=O)CN1CN(c2ccccc2)C2(CCN(C(=O)Cc3cccs3)CC2)C1=O. The molecular weight excluding hydrogens is 448 g/mol. The summed E-state index contributed by atoms with van der Waals surface area (Å²) in [6.07, 6.45) is 2.52. The normalized spacial score (nSPS) is 18.4. The summed E-state index contributed by atoms with van der Waals surface area (Å²) >= 11 is 1.59. The van der Waals surface area contributed by atoms with Gasteiger partial charge in [-0.15, -0.1) is 11.3 Å². The van der Waals surface area contributed by atoms with Gasteiger partial charge < -0.3 is 20.0 Å². The summed E-state index contributed by atoms with van der Waals surface area (Å²) in [5, 5.41) is 4.95. The maximum Gasteiger partial charge on any atom is 0.250 e. The number of piperidine rings is 1. The Balaban J connectivity index is 1.47. The fourth-order valence-corrected chi connectivity index (χ4v) is 5.48. The van der Waals surface area contributed by atoms with E-state index in [1.54, 1.807) is 16.2 Å². The van der Waals surface area contributed by atoms with Crippen molar-refractivity contribution in [3.05, 3.63) is 52.7 Å². The molecule has 1 atom stereocenters. The Morgan fingerprint density at radius 2 is 1.85 bits per heavy atom. The molecule has 1 unspecified atom stereocenters. The van der Waals surface area contributed by atoms with E-state index in [0.717, 1.165) is 17.0 Å². The highest BCUT2D eigenvalue weighted by Gasteiger charge is 2.54. The van der Waals surface area contributed by atoms with Crippen molar-refractivity contribution in [1.29, 1.82) is 0 Å². The van der Waals surface area contributed by atoms with Crippen molar-refractivity contribution >= 4 is 34.7 Å². The largest absolute Gasteiger partial charge is 0.354 e. The summed E-state index contributed by atoms with van der Waals surface area (Å²) in [6.45, 7) is 6.32. The Bertz CT molecular complexity index is 987. The molecule has 1 aromatic heterocycles. The van der Waals surface area contributed by atoms with Crippen molar-refractivity contribution in [2.45, 2.75) is 45.1 Å². The van der Waals surface area contributed by atoms with Crippen LogP contribution in [0.2, 0.25) is 0 Å². The summed E-state index contributed by atoms with van der Waals surface area (Å²) in [4.78, 5) is 45.9. The molecule has 1 N–H and O–H groups in total. The number of carbonyl (C=O) groups is 3. The predicted molar refractivity (Wildman–Crippen MR) is 135 cm³/mol. The van der Waals surface area contributed by atoms with E-state index in [2.05, 4.69) is 24.1 Å². The number of likely N-dealkylation sites (tertiary alicyclic amines) is 1. The number of nitrogens with one attached hydrogen (secondary N) is 1. The lowest BCUT2D eigenvalue weighted by molar-refractivity contribution is -0.139. The van der Waals surface area contributed by atoms with Gasteiger partial charge in [-0.2, -0.15) is 0 Å². The first-order valence-electron chi connectivity index (χ1n) is 12.1. The van der Waals surface area contributed by atoms with E-state index in [4.69, 9.17) is 0 Å². The number of rotatable bonds is 8. The van der Waals surface area contributed by atoms with Gasteiger partial charge in [0.2, 0.25) is 11.8 Å². The third kappa shape index (κ3) is 5.12. The van der Waals surface area contributed by atoms with E-state index < -0.39 is 5.54 Å². The molecule has 0 aliphatic carbocycles.